The molecule has 1 aromatic rings. The average Bonchev–Trinajstić information content (AvgIpc) is 2.18. The van der Waals surface area contributed by atoms with Gasteiger partial charge >= 0.3 is 12.2 Å². The van der Waals surface area contributed by atoms with Crippen molar-refractivity contribution in [3.8, 4) is 5.75 Å². The summed E-state index contributed by atoms with van der Waals surface area (Å²) in [5.74, 6) is -2.17. The molecule has 1 heterocycles. The summed E-state index contributed by atoms with van der Waals surface area (Å²) in [5, 5.41) is 10.5. The summed E-state index contributed by atoms with van der Waals surface area (Å²) in [6.07, 6.45) is -4.88. The van der Waals surface area contributed by atoms with Crippen LogP contribution in [0.3, 0.4) is 0 Å². The highest BCUT2D eigenvalue weighted by Gasteiger charge is 2.36. The van der Waals surface area contributed by atoms with E-state index in [9.17, 15) is 28.1 Å². The monoisotopic (exact) mass is 250 g/mol. The van der Waals surface area contributed by atoms with Gasteiger partial charge in [0.2, 0.25) is 11.4 Å². The van der Waals surface area contributed by atoms with E-state index in [-0.39, 0.29) is 17.5 Å². The lowest BCUT2D eigenvalue weighted by Crippen LogP contribution is -2.19. The molecule has 0 aliphatic carbocycles. The lowest BCUT2D eigenvalue weighted by Gasteiger charge is -2.10. The molecule has 1 aromatic heterocycles. The molecular formula is C8H5F3N2O4. The Kier molecular flexibility index (Phi) is 3.30. The van der Waals surface area contributed by atoms with Gasteiger partial charge in [0.25, 0.3) is 0 Å². The first-order chi connectivity index (χ1) is 7.74. The normalized spacial score (nSPS) is 11.1. The van der Waals surface area contributed by atoms with Crippen molar-refractivity contribution in [3.63, 3.8) is 0 Å². The lowest BCUT2D eigenvalue weighted by molar-refractivity contribution is -0.393. The summed E-state index contributed by atoms with van der Waals surface area (Å²) >= 11 is 0. The number of aromatic nitrogens is 1. The van der Waals surface area contributed by atoms with Crippen molar-refractivity contribution in [2.75, 3.05) is 0 Å². The van der Waals surface area contributed by atoms with Gasteiger partial charge in [-0.15, -0.1) is 13.2 Å². The van der Waals surface area contributed by atoms with Crippen molar-refractivity contribution in [1.82, 2.24) is 4.98 Å². The zero-order valence-corrected chi connectivity index (χ0v) is 8.32. The van der Waals surface area contributed by atoms with Crippen LogP contribution in [-0.4, -0.2) is 22.6 Å². The Morgan fingerprint density at radius 2 is 2.12 bits per heavy atom. The first-order valence-corrected chi connectivity index (χ1v) is 4.11. The lowest BCUT2D eigenvalue weighted by atomic mass is 10.2. The predicted molar refractivity (Wildman–Crippen MR) is 47.7 cm³/mol. The molecule has 0 radical (unpaired) electrons. The van der Waals surface area contributed by atoms with Crippen LogP contribution < -0.4 is 4.74 Å². The number of pyridine rings is 1. The maximum absolute atomic E-state index is 12.0. The van der Waals surface area contributed by atoms with Gasteiger partial charge in [0, 0.05) is 5.56 Å². The van der Waals surface area contributed by atoms with Crippen LogP contribution in [0, 0.1) is 17.0 Å². The van der Waals surface area contributed by atoms with Crippen LogP contribution in [0.15, 0.2) is 6.07 Å². The number of carbonyl (C=O) groups excluding carboxylic acids is 1. The van der Waals surface area contributed by atoms with E-state index in [1.54, 1.807) is 0 Å². The number of carbonyl (C=O) groups is 1. The van der Waals surface area contributed by atoms with Crippen LogP contribution in [-0.2, 0) is 0 Å². The van der Waals surface area contributed by atoms with Gasteiger partial charge in [-0.2, -0.15) is 0 Å². The number of aryl methyl sites for hydroxylation is 1. The minimum absolute atomic E-state index is 0.192. The molecule has 0 bridgehead atoms. The standard InChI is InChI=1S/C8H5F3N2O4/c1-4-2-5(3-14)12-7(13(15)16)6(4)17-8(9,10)11/h2-3H,1H3. The highest BCUT2D eigenvalue weighted by atomic mass is 19.4. The summed E-state index contributed by atoms with van der Waals surface area (Å²) in [7, 11) is 0. The molecule has 0 amide bonds. The second-order valence-corrected chi connectivity index (χ2v) is 2.94. The number of nitrogens with zero attached hydrogens (tertiary/aromatic N) is 2. The topological polar surface area (TPSA) is 82.3 Å². The van der Waals surface area contributed by atoms with Crippen LogP contribution in [0.4, 0.5) is 19.0 Å². The highest BCUT2D eigenvalue weighted by molar-refractivity contribution is 5.73. The Balaban J connectivity index is 3.36. The number of nitro groups is 1. The largest absolute Gasteiger partial charge is 0.573 e. The smallest absolute Gasteiger partial charge is 0.396 e. The third kappa shape index (κ3) is 3.13. The molecule has 0 aliphatic heterocycles. The number of hydrogen-bond acceptors (Lipinski definition) is 5. The van der Waals surface area contributed by atoms with Crippen molar-refractivity contribution < 1.29 is 27.6 Å². The van der Waals surface area contributed by atoms with E-state index in [1.165, 1.54) is 0 Å². The Morgan fingerprint density at radius 1 is 1.53 bits per heavy atom. The molecule has 0 unspecified atom stereocenters. The van der Waals surface area contributed by atoms with Gasteiger partial charge in [0.1, 0.15) is 0 Å². The van der Waals surface area contributed by atoms with E-state index in [0.717, 1.165) is 13.0 Å². The number of ether oxygens (including phenoxy) is 1. The summed E-state index contributed by atoms with van der Waals surface area (Å²) in [6, 6.07) is 0.959. The molecule has 0 aliphatic rings. The molecule has 0 spiro atoms. The molecule has 0 fully saturated rings. The van der Waals surface area contributed by atoms with Crippen LogP contribution >= 0.6 is 0 Å². The van der Waals surface area contributed by atoms with E-state index >= 15 is 0 Å². The number of hydrogen-bond donors (Lipinski definition) is 0. The minimum Gasteiger partial charge on any atom is -0.396 e. The maximum Gasteiger partial charge on any atom is 0.573 e. The van der Waals surface area contributed by atoms with Gasteiger partial charge in [0.05, 0.1) is 0 Å². The van der Waals surface area contributed by atoms with E-state index in [0.29, 0.717) is 0 Å². The van der Waals surface area contributed by atoms with Crippen LogP contribution in [0.1, 0.15) is 16.1 Å². The van der Waals surface area contributed by atoms with Gasteiger partial charge in [0.15, 0.2) is 6.29 Å². The second kappa shape index (κ2) is 4.36. The Labute approximate surface area is 92.2 Å². The van der Waals surface area contributed by atoms with Crippen molar-refractivity contribution in [3.05, 3.63) is 27.4 Å². The zero-order chi connectivity index (χ0) is 13.2. The fourth-order valence-corrected chi connectivity index (χ4v) is 1.10. The third-order valence-electron chi connectivity index (χ3n) is 1.67. The highest BCUT2D eigenvalue weighted by Crippen LogP contribution is 2.33. The number of rotatable bonds is 3. The Bertz CT molecular complexity index is 473. The van der Waals surface area contributed by atoms with E-state index in [1.807, 2.05) is 0 Å². The molecule has 6 nitrogen and oxygen atoms in total. The quantitative estimate of drug-likeness (QED) is 0.465. The van der Waals surface area contributed by atoms with Crippen molar-refractivity contribution in [1.29, 1.82) is 0 Å². The molecule has 0 saturated carbocycles. The van der Waals surface area contributed by atoms with Gasteiger partial charge < -0.3 is 14.9 Å². The SMILES string of the molecule is Cc1cc(C=O)nc([N+](=O)[O-])c1OC(F)(F)F. The van der Waals surface area contributed by atoms with Crippen molar-refractivity contribution in [2.45, 2.75) is 13.3 Å². The molecular weight excluding hydrogens is 245 g/mol. The first-order valence-electron chi connectivity index (χ1n) is 4.11. The maximum atomic E-state index is 12.0. The number of aldehydes is 1. The molecule has 17 heavy (non-hydrogen) atoms. The number of halogens is 3. The summed E-state index contributed by atoms with van der Waals surface area (Å²) in [4.78, 5) is 22.9. The predicted octanol–water partition coefficient (Wildman–Crippen LogP) is 2.01. The molecule has 0 saturated heterocycles. The van der Waals surface area contributed by atoms with E-state index in [2.05, 4.69) is 9.72 Å². The van der Waals surface area contributed by atoms with Gasteiger partial charge in [-0.05, 0) is 22.9 Å². The minimum atomic E-state index is -5.07. The molecule has 0 N–H and O–H groups in total. The van der Waals surface area contributed by atoms with Crippen molar-refractivity contribution >= 4 is 12.1 Å². The van der Waals surface area contributed by atoms with Gasteiger partial charge in [-0.3, -0.25) is 4.79 Å². The Hall–Kier alpha value is -2.19. The van der Waals surface area contributed by atoms with Crippen molar-refractivity contribution in [2.24, 2.45) is 0 Å². The summed E-state index contributed by atoms with van der Waals surface area (Å²) in [5.41, 5.74) is -0.546. The van der Waals surface area contributed by atoms with E-state index in [4.69, 9.17) is 0 Å². The number of alkyl halides is 3. The fraction of sp³-hybridized carbons (Fsp3) is 0.250. The molecule has 92 valence electrons. The van der Waals surface area contributed by atoms with E-state index < -0.39 is 22.9 Å². The second-order valence-electron chi connectivity index (χ2n) is 2.94. The molecule has 1 rings (SSSR count). The molecule has 0 aromatic carbocycles. The first kappa shape index (κ1) is 12.9. The van der Waals surface area contributed by atoms with Crippen LogP contribution in [0.2, 0.25) is 0 Å². The summed E-state index contributed by atoms with van der Waals surface area (Å²) in [6.45, 7) is 1.14. The van der Waals surface area contributed by atoms with Crippen LogP contribution in [0.25, 0.3) is 0 Å². The fourth-order valence-electron chi connectivity index (χ4n) is 1.10. The summed E-state index contributed by atoms with van der Waals surface area (Å²) < 4.78 is 39.5. The average molecular weight is 250 g/mol. The Morgan fingerprint density at radius 3 is 2.53 bits per heavy atom. The van der Waals surface area contributed by atoms with Crippen LogP contribution in [0.5, 0.6) is 5.75 Å². The van der Waals surface area contributed by atoms with Gasteiger partial charge in [-0.25, -0.2) is 0 Å². The molecule has 9 heteroatoms. The molecule has 0 atom stereocenters. The van der Waals surface area contributed by atoms with Gasteiger partial charge in [-0.1, -0.05) is 0 Å². The zero-order valence-electron chi connectivity index (χ0n) is 8.32. The third-order valence-corrected chi connectivity index (χ3v) is 1.67.